The van der Waals surface area contributed by atoms with Gasteiger partial charge in [-0.3, -0.25) is 8.98 Å². The maximum atomic E-state index is 12.2. The number of carbonyl (C=O) groups excluding carboxylic acids is 1. The van der Waals surface area contributed by atoms with Crippen LogP contribution in [0.15, 0.2) is 59.1 Å². The minimum atomic E-state index is -2.68. The van der Waals surface area contributed by atoms with Crippen molar-refractivity contribution in [3.05, 3.63) is 70.2 Å². The van der Waals surface area contributed by atoms with Crippen molar-refractivity contribution in [3.63, 3.8) is 0 Å². The third-order valence-corrected chi connectivity index (χ3v) is 3.82. The Morgan fingerprint density at radius 1 is 1.14 bits per heavy atom. The second-order valence-corrected chi connectivity index (χ2v) is 5.85. The maximum Gasteiger partial charge on any atom is 0.165 e. The topological polar surface area (TPSA) is 66.4 Å². The molecule has 0 saturated carbocycles. The summed E-state index contributed by atoms with van der Waals surface area (Å²) in [7, 11) is 0. The largest absolute Gasteiger partial charge is 0.750 e. The SMILES string of the molecule is O=C(CC(OS(=O)[O-])c1ccccc1)c1ccc(Br)cc1. The standard InChI is InChI=1S/C15H13BrO4S/c16-13-8-6-11(7-9-13)14(17)10-15(20-21(18)19)12-4-2-1-3-5-12/h1-9,15H,10H2,(H,18,19)/p-1. The lowest BCUT2D eigenvalue weighted by Crippen LogP contribution is -2.12. The van der Waals surface area contributed by atoms with E-state index >= 15 is 0 Å². The summed E-state index contributed by atoms with van der Waals surface area (Å²) in [6.07, 6.45) is -0.861. The van der Waals surface area contributed by atoms with E-state index in [1.165, 1.54) is 0 Å². The molecule has 0 N–H and O–H groups in total. The zero-order valence-corrected chi connectivity index (χ0v) is 13.3. The van der Waals surface area contributed by atoms with E-state index in [0.29, 0.717) is 11.1 Å². The fourth-order valence-corrected chi connectivity index (χ4v) is 2.53. The third-order valence-electron chi connectivity index (χ3n) is 2.90. The molecule has 0 aliphatic heterocycles. The first kappa shape index (κ1) is 16.0. The highest BCUT2D eigenvalue weighted by atomic mass is 79.9. The minimum absolute atomic E-state index is 0.0420. The molecule has 0 aliphatic rings. The zero-order valence-electron chi connectivity index (χ0n) is 10.9. The molecule has 0 amide bonds. The summed E-state index contributed by atoms with van der Waals surface area (Å²) in [5, 5.41) is 0. The molecule has 6 heteroatoms. The van der Waals surface area contributed by atoms with Crippen molar-refractivity contribution in [1.29, 1.82) is 0 Å². The highest BCUT2D eigenvalue weighted by Crippen LogP contribution is 2.24. The van der Waals surface area contributed by atoms with Crippen LogP contribution in [0.4, 0.5) is 0 Å². The number of halogens is 1. The van der Waals surface area contributed by atoms with Gasteiger partial charge in [-0.05, 0) is 17.7 Å². The molecule has 110 valence electrons. The van der Waals surface area contributed by atoms with Crippen LogP contribution in [-0.4, -0.2) is 14.5 Å². The fourth-order valence-electron chi connectivity index (χ4n) is 1.89. The van der Waals surface area contributed by atoms with Crippen LogP contribution in [0.25, 0.3) is 0 Å². The molecule has 0 spiro atoms. The van der Waals surface area contributed by atoms with Crippen LogP contribution in [0.5, 0.6) is 0 Å². The molecule has 2 rings (SSSR count). The van der Waals surface area contributed by atoms with Crippen molar-refractivity contribution in [3.8, 4) is 0 Å². The molecule has 0 radical (unpaired) electrons. The van der Waals surface area contributed by atoms with E-state index in [1.807, 2.05) is 6.07 Å². The number of carbonyl (C=O) groups is 1. The van der Waals surface area contributed by atoms with Crippen LogP contribution in [0.1, 0.15) is 28.4 Å². The summed E-state index contributed by atoms with van der Waals surface area (Å²) in [4.78, 5) is 12.2. The Morgan fingerprint density at radius 3 is 2.33 bits per heavy atom. The summed E-state index contributed by atoms with van der Waals surface area (Å²) in [6, 6.07) is 15.7. The van der Waals surface area contributed by atoms with Crippen LogP contribution in [-0.2, 0) is 15.5 Å². The summed E-state index contributed by atoms with van der Waals surface area (Å²) in [6.45, 7) is 0. The number of Topliss-reactive ketones (excluding diaryl/α,β-unsaturated/α-hetero) is 1. The van der Waals surface area contributed by atoms with E-state index in [4.69, 9.17) is 4.18 Å². The minimum Gasteiger partial charge on any atom is -0.750 e. The Labute approximate surface area is 133 Å². The first-order valence-corrected chi connectivity index (χ1v) is 7.95. The summed E-state index contributed by atoms with van der Waals surface area (Å²) >= 11 is 0.615. The molecule has 2 aromatic rings. The van der Waals surface area contributed by atoms with Gasteiger partial charge in [-0.1, -0.05) is 58.4 Å². The monoisotopic (exact) mass is 367 g/mol. The molecule has 0 aliphatic carbocycles. The lowest BCUT2D eigenvalue weighted by atomic mass is 10.0. The highest BCUT2D eigenvalue weighted by molar-refractivity contribution is 9.10. The van der Waals surface area contributed by atoms with Gasteiger partial charge in [-0.15, -0.1) is 0 Å². The molecule has 0 heterocycles. The van der Waals surface area contributed by atoms with Gasteiger partial charge in [-0.25, -0.2) is 4.21 Å². The Morgan fingerprint density at radius 2 is 1.76 bits per heavy atom. The predicted molar refractivity (Wildman–Crippen MR) is 82.3 cm³/mol. The van der Waals surface area contributed by atoms with E-state index in [1.54, 1.807) is 48.5 Å². The van der Waals surface area contributed by atoms with Crippen LogP contribution >= 0.6 is 15.9 Å². The molecule has 2 aromatic carbocycles. The van der Waals surface area contributed by atoms with Crippen molar-refractivity contribution in [1.82, 2.24) is 0 Å². The second kappa shape index (κ2) is 7.61. The second-order valence-electron chi connectivity index (χ2n) is 4.33. The van der Waals surface area contributed by atoms with Crippen LogP contribution in [0, 0.1) is 0 Å². The summed E-state index contributed by atoms with van der Waals surface area (Å²) in [5.74, 6) is -0.179. The van der Waals surface area contributed by atoms with E-state index in [-0.39, 0.29) is 12.2 Å². The molecule has 0 aromatic heterocycles. The van der Waals surface area contributed by atoms with Gasteiger partial charge < -0.3 is 4.55 Å². The van der Waals surface area contributed by atoms with Gasteiger partial charge in [-0.2, -0.15) is 0 Å². The molecule has 0 saturated heterocycles. The van der Waals surface area contributed by atoms with Gasteiger partial charge in [0.15, 0.2) is 5.78 Å². The number of benzene rings is 2. The Balaban J connectivity index is 2.17. The molecule has 2 unspecified atom stereocenters. The molecule has 4 nitrogen and oxygen atoms in total. The smallest absolute Gasteiger partial charge is 0.165 e. The lowest BCUT2D eigenvalue weighted by Gasteiger charge is -2.18. The first-order chi connectivity index (χ1) is 10.1. The predicted octanol–water partition coefficient (Wildman–Crippen LogP) is 3.57. The molecule has 21 heavy (non-hydrogen) atoms. The molecule has 2 atom stereocenters. The molecule has 0 bridgehead atoms. The van der Waals surface area contributed by atoms with Crippen LogP contribution in [0.2, 0.25) is 0 Å². The van der Waals surface area contributed by atoms with Gasteiger partial charge in [0.25, 0.3) is 0 Å². The summed E-state index contributed by atoms with van der Waals surface area (Å²) in [5.41, 5.74) is 1.16. The van der Waals surface area contributed by atoms with Crippen molar-refractivity contribution in [2.24, 2.45) is 0 Å². The zero-order chi connectivity index (χ0) is 15.2. The number of hydrogen-bond acceptors (Lipinski definition) is 4. The molecular formula is C15H12BrO4S-. The van der Waals surface area contributed by atoms with Gasteiger partial charge in [0.2, 0.25) is 0 Å². The number of rotatable bonds is 6. The van der Waals surface area contributed by atoms with Crippen molar-refractivity contribution in [2.75, 3.05) is 0 Å². The van der Waals surface area contributed by atoms with Crippen molar-refractivity contribution in [2.45, 2.75) is 12.5 Å². The first-order valence-electron chi connectivity index (χ1n) is 6.16. The molecule has 0 fully saturated rings. The van der Waals surface area contributed by atoms with E-state index in [2.05, 4.69) is 15.9 Å². The maximum absolute atomic E-state index is 12.2. The summed E-state index contributed by atoms with van der Waals surface area (Å²) < 4.78 is 27.3. The van der Waals surface area contributed by atoms with Crippen molar-refractivity contribution < 1.29 is 17.7 Å². The molecular weight excluding hydrogens is 356 g/mol. The highest BCUT2D eigenvalue weighted by Gasteiger charge is 2.18. The van der Waals surface area contributed by atoms with Gasteiger partial charge in [0.05, 0.1) is 11.4 Å². The van der Waals surface area contributed by atoms with E-state index in [9.17, 15) is 13.6 Å². The van der Waals surface area contributed by atoms with Crippen LogP contribution in [0.3, 0.4) is 0 Å². The third kappa shape index (κ3) is 4.86. The van der Waals surface area contributed by atoms with Gasteiger partial charge in [0.1, 0.15) is 6.10 Å². The average molecular weight is 368 g/mol. The fraction of sp³-hybridized carbons (Fsp3) is 0.133. The van der Waals surface area contributed by atoms with Gasteiger partial charge >= 0.3 is 0 Å². The van der Waals surface area contributed by atoms with Crippen LogP contribution < -0.4 is 0 Å². The average Bonchev–Trinajstić information content (AvgIpc) is 2.47. The van der Waals surface area contributed by atoms with Gasteiger partial charge in [0, 0.05) is 16.5 Å². The number of hydrogen-bond donors (Lipinski definition) is 0. The van der Waals surface area contributed by atoms with E-state index in [0.717, 1.165) is 4.47 Å². The Kier molecular flexibility index (Phi) is 5.81. The number of ketones is 1. The Bertz CT molecular complexity index is 628. The van der Waals surface area contributed by atoms with E-state index < -0.39 is 17.5 Å². The quantitative estimate of drug-likeness (QED) is 0.578. The lowest BCUT2D eigenvalue weighted by molar-refractivity contribution is 0.0910. The normalized spacial score (nSPS) is 13.6. The Hall–Kier alpha value is -1.34. The van der Waals surface area contributed by atoms with Crippen molar-refractivity contribution >= 4 is 33.1 Å².